The Bertz CT molecular complexity index is 440. The van der Waals surface area contributed by atoms with E-state index in [9.17, 15) is 4.79 Å². The summed E-state index contributed by atoms with van der Waals surface area (Å²) in [7, 11) is 1.50. The number of halogens is 2. The maximum atomic E-state index is 11.6. The fourth-order valence-corrected chi connectivity index (χ4v) is 2.29. The number of hydrogen-bond donors (Lipinski definition) is 0. The van der Waals surface area contributed by atoms with Crippen LogP contribution in [0.25, 0.3) is 0 Å². The molecule has 0 aliphatic heterocycles. The van der Waals surface area contributed by atoms with Gasteiger partial charge in [0, 0.05) is 3.57 Å². The number of carbonyl (C=O) groups excluding carboxylic acids is 1. The van der Waals surface area contributed by atoms with Crippen LogP contribution in [0.1, 0.15) is 15.9 Å². The first kappa shape index (κ1) is 12.5. The first-order valence-corrected chi connectivity index (χ1v) is 6.21. The minimum Gasteiger partial charge on any atom is -0.496 e. The summed E-state index contributed by atoms with van der Waals surface area (Å²) in [6.45, 7) is 0. The lowest BCUT2D eigenvalue weighted by Gasteiger charge is -2.09. The van der Waals surface area contributed by atoms with E-state index in [1.54, 1.807) is 12.1 Å². The van der Waals surface area contributed by atoms with Crippen LogP contribution in [-0.4, -0.2) is 18.2 Å². The number of Topliss-reactive ketones (excluding diaryl/α,β-unsaturated/α-hetero) is 1. The summed E-state index contributed by atoms with van der Waals surface area (Å²) in [5.74, 6) is 0.413. The third-order valence-electron chi connectivity index (χ3n) is 1.84. The number of ether oxygens (including phenoxy) is 1. The maximum absolute atomic E-state index is 11.6. The van der Waals surface area contributed by atoms with Gasteiger partial charge in [-0.2, -0.15) is 5.26 Å². The van der Waals surface area contributed by atoms with E-state index in [4.69, 9.17) is 10.00 Å². The summed E-state index contributed by atoms with van der Waals surface area (Å²) >= 11 is 5.09. The molecule has 0 aromatic heterocycles. The number of carbonyl (C=O) groups is 1. The highest BCUT2D eigenvalue weighted by atomic mass is 127. The second-order valence-electron chi connectivity index (χ2n) is 2.67. The highest BCUT2D eigenvalue weighted by molar-refractivity contribution is 14.1. The van der Waals surface area contributed by atoms with E-state index in [1.807, 2.05) is 28.7 Å². The number of nitriles is 1. The van der Waals surface area contributed by atoms with Gasteiger partial charge < -0.3 is 4.74 Å². The fraction of sp³-hybridized carbons (Fsp3) is 0.200. The van der Waals surface area contributed by atoms with Crippen LogP contribution in [0.3, 0.4) is 0 Å². The first-order chi connectivity index (χ1) is 7.15. The predicted molar refractivity (Wildman–Crippen MR) is 68.6 cm³/mol. The van der Waals surface area contributed by atoms with Crippen LogP contribution in [-0.2, 0) is 0 Å². The second-order valence-corrected chi connectivity index (χ2v) is 4.31. The zero-order valence-corrected chi connectivity index (χ0v) is 11.6. The van der Waals surface area contributed by atoms with E-state index in [0.717, 1.165) is 0 Å². The largest absolute Gasteiger partial charge is 0.496 e. The van der Waals surface area contributed by atoms with Crippen molar-refractivity contribution in [2.45, 2.75) is 0 Å². The lowest BCUT2D eigenvalue weighted by atomic mass is 10.1. The molecular formula is C10H7BrINO2. The number of ketones is 1. The van der Waals surface area contributed by atoms with Crippen LogP contribution in [0.15, 0.2) is 12.1 Å². The Morgan fingerprint density at radius 3 is 2.80 bits per heavy atom. The van der Waals surface area contributed by atoms with Crippen molar-refractivity contribution in [1.29, 1.82) is 5.26 Å². The van der Waals surface area contributed by atoms with E-state index >= 15 is 0 Å². The van der Waals surface area contributed by atoms with Crippen molar-refractivity contribution in [1.82, 2.24) is 0 Å². The van der Waals surface area contributed by atoms with Gasteiger partial charge in [0.15, 0.2) is 5.78 Å². The smallest absolute Gasteiger partial charge is 0.178 e. The van der Waals surface area contributed by atoms with E-state index in [0.29, 0.717) is 20.4 Å². The molecule has 0 fully saturated rings. The van der Waals surface area contributed by atoms with Gasteiger partial charge in [0.25, 0.3) is 0 Å². The SMILES string of the molecule is COc1ccc(C#N)c(I)c1C(=O)CBr. The van der Waals surface area contributed by atoms with Crippen molar-refractivity contribution < 1.29 is 9.53 Å². The maximum Gasteiger partial charge on any atom is 0.178 e. The minimum absolute atomic E-state index is 0.0895. The minimum atomic E-state index is -0.0895. The predicted octanol–water partition coefficient (Wildman–Crippen LogP) is 2.75. The summed E-state index contributed by atoms with van der Waals surface area (Å²) in [5.41, 5.74) is 0.953. The molecule has 0 unspecified atom stereocenters. The van der Waals surface area contributed by atoms with Gasteiger partial charge in [0.1, 0.15) is 11.8 Å². The Labute approximate surface area is 110 Å². The standard InChI is InChI=1S/C10H7BrINO2/c1-15-8-3-2-6(5-13)10(12)9(8)7(14)4-11/h2-3H,4H2,1H3. The quantitative estimate of drug-likeness (QED) is 0.461. The summed E-state index contributed by atoms with van der Waals surface area (Å²) in [4.78, 5) is 11.6. The molecule has 0 saturated carbocycles. The van der Waals surface area contributed by atoms with Gasteiger partial charge in [-0.25, -0.2) is 0 Å². The van der Waals surface area contributed by atoms with Crippen LogP contribution in [0, 0.1) is 14.9 Å². The molecule has 1 rings (SSSR count). The zero-order chi connectivity index (χ0) is 11.4. The van der Waals surface area contributed by atoms with E-state index in [2.05, 4.69) is 15.9 Å². The molecular weight excluding hydrogens is 373 g/mol. The average molecular weight is 380 g/mol. The topological polar surface area (TPSA) is 50.1 Å². The van der Waals surface area contributed by atoms with Gasteiger partial charge >= 0.3 is 0 Å². The van der Waals surface area contributed by atoms with E-state index < -0.39 is 0 Å². The third-order valence-corrected chi connectivity index (χ3v) is 3.47. The lowest BCUT2D eigenvalue weighted by Crippen LogP contribution is -2.07. The van der Waals surface area contributed by atoms with Crippen molar-refractivity contribution in [2.24, 2.45) is 0 Å². The monoisotopic (exact) mass is 379 g/mol. The van der Waals surface area contributed by atoms with Gasteiger partial charge in [-0.05, 0) is 34.7 Å². The van der Waals surface area contributed by atoms with Crippen LogP contribution >= 0.6 is 38.5 Å². The number of nitrogens with zero attached hydrogens (tertiary/aromatic N) is 1. The Balaban J connectivity index is 3.44. The molecule has 78 valence electrons. The molecule has 0 spiro atoms. The lowest BCUT2D eigenvalue weighted by molar-refractivity contribution is 0.102. The van der Waals surface area contributed by atoms with Gasteiger partial charge in [0.05, 0.1) is 23.6 Å². The summed E-state index contributed by atoms with van der Waals surface area (Å²) in [6, 6.07) is 5.32. The fourth-order valence-electron chi connectivity index (χ4n) is 1.14. The Hall–Kier alpha value is -0.610. The number of benzene rings is 1. The number of rotatable bonds is 3. The molecule has 0 saturated heterocycles. The molecule has 0 atom stereocenters. The molecule has 3 nitrogen and oxygen atoms in total. The molecule has 0 aliphatic rings. The van der Waals surface area contributed by atoms with E-state index in [1.165, 1.54) is 7.11 Å². The Morgan fingerprint density at radius 1 is 1.67 bits per heavy atom. The molecule has 0 aliphatic carbocycles. The molecule has 0 bridgehead atoms. The number of hydrogen-bond acceptors (Lipinski definition) is 3. The molecule has 1 aromatic carbocycles. The van der Waals surface area contributed by atoms with Crippen molar-refractivity contribution in [2.75, 3.05) is 12.4 Å². The molecule has 0 amide bonds. The zero-order valence-electron chi connectivity index (χ0n) is 7.88. The van der Waals surface area contributed by atoms with E-state index in [-0.39, 0.29) is 11.1 Å². The second kappa shape index (κ2) is 5.47. The van der Waals surface area contributed by atoms with Gasteiger partial charge in [0.2, 0.25) is 0 Å². The summed E-state index contributed by atoms with van der Waals surface area (Å²) in [5, 5.41) is 9.06. The van der Waals surface area contributed by atoms with Crippen LogP contribution in [0.2, 0.25) is 0 Å². The van der Waals surface area contributed by atoms with Gasteiger partial charge in [-0.15, -0.1) is 0 Å². The van der Waals surface area contributed by atoms with Crippen molar-refractivity contribution in [3.63, 3.8) is 0 Å². The molecule has 1 aromatic rings. The van der Waals surface area contributed by atoms with Crippen molar-refractivity contribution in [3.05, 3.63) is 26.8 Å². The molecule has 15 heavy (non-hydrogen) atoms. The Morgan fingerprint density at radius 2 is 2.33 bits per heavy atom. The van der Waals surface area contributed by atoms with Crippen LogP contribution < -0.4 is 4.74 Å². The molecule has 0 radical (unpaired) electrons. The molecule has 0 heterocycles. The van der Waals surface area contributed by atoms with Crippen LogP contribution in [0.5, 0.6) is 5.75 Å². The number of methoxy groups -OCH3 is 1. The summed E-state index contributed by atoms with van der Waals surface area (Å²) in [6.07, 6.45) is 0. The normalized spacial score (nSPS) is 9.47. The third kappa shape index (κ3) is 2.49. The van der Waals surface area contributed by atoms with Gasteiger partial charge in [-0.3, -0.25) is 4.79 Å². The molecule has 5 heteroatoms. The van der Waals surface area contributed by atoms with Crippen molar-refractivity contribution in [3.8, 4) is 11.8 Å². The van der Waals surface area contributed by atoms with Crippen molar-refractivity contribution >= 4 is 44.3 Å². The molecule has 0 N–H and O–H groups in total. The highest BCUT2D eigenvalue weighted by Crippen LogP contribution is 2.27. The Kier molecular flexibility index (Phi) is 4.54. The summed E-state index contributed by atoms with van der Waals surface area (Å²) < 4.78 is 5.73. The first-order valence-electron chi connectivity index (χ1n) is 4.01. The average Bonchev–Trinajstić information content (AvgIpc) is 2.27. The number of alkyl halides is 1. The highest BCUT2D eigenvalue weighted by Gasteiger charge is 2.17. The van der Waals surface area contributed by atoms with Gasteiger partial charge in [-0.1, -0.05) is 15.9 Å². The van der Waals surface area contributed by atoms with Crippen LogP contribution in [0.4, 0.5) is 0 Å².